The number of benzene rings is 2. The van der Waals surface area contributed by atoms with Gasteiger partial charge >= 0.3 is 0 Å². The highest BCUT2D eigenvalue weighted by atomic mass is 19.1. The topological polar surface area (TPSA) is 48.3 Å². The van der Waals surface area contributed by atoms with E-state index in [0.29, 0.717) is 6.04 Å². The highest BCUT2D eigenvalue weighted by molar-refractivity contribution is 5.88. The Morgan fingerprint density at radius 1 is 1.18 bits per heavy atom. The molecule has 5 nitrogen and oxygen atoms in total. The van der Waals surface area contributed by atoms with Crippen LogP contribution in [-0.4, -0.2) is 41.2 Å². The number of piperidine rings is 1. The molecule has 1 aliphatic heterocycles. The van der Waals surface area contributed by atoms with Crippen LogP contribution in [0, 0.1) is 5.82 Å². The molecule has 28 heavy (non-hydrogen) atoms. The summed E-state index contributed by atoms with van der Waals surface area (Å²) in [4.78, 5) is 8.11. The molecule has 3 heterocycles. The third kappa shape index (κ3) is 3.14. The van der Waals surface area contributed by atoms with Gasteiger partial charge in [0.2, 0.25) is 0 Å². The van der Waals surface area contributed by atoms with Gasteiger partial charge in [-0.05, 0) is 49.2 Å². The summed E-state index contributed by atoms with van der Waals surface area (Å²) >= 11 is 0. The first kappa shape index (κ1) is 17.3. The molecule has 0 atom stereocenters. The molecule has 0 saturated carbocycles. The number of H-pyrrole nitrogens is 1. The molecule has 0 spiro atoms. The summed E-state index contributed by atoms with van der Waals surface area (Å²) in [5, 5.41) is 6.29. The van der Waals surface area contributed by atoms with Crippen molar-refractivity contribution in [2.75, 3.05) is 25.0 Å². The first-order chi connectivity index (χ1) is 13.7. The minimum atomic E-state index is -0.192. The van der Waals surface area contributed by atoms with Crippen LogP contribution in [0.2, 0.25) is 0 Å². The van der Waals surface area contributed by atoms with E-state index < -0.39 is 0 Å². The van der Waals surface area contributed by atoms with Crippen molar-refractivity contribution >= 4 is 27.7 Å². The summed E-state index contributed by atoms with van der Waals surface area (Å²) in [7, 11) is 2.11. The number of nitrogens with one attached hydrogen (secondary N) is 1. The van der Waals surface area contributed by atoms with Crippen LogP contribution in [0.1, 0.15) is 18.5 Å². The van der Waals surface area contributed by atoms with Gasteiger partial charge in [-0.1, -0.05) is 17.3 Å². The molecule has 1 fully saturated rings. The number of halogens is 1. The van der Waals surface area contributed by atoms with Crippen molar-refractivity contribution in [3.63, 3.8) is 0 Å². The SMILES string of the molecule is CN(c1noc2ccccc12)C1CCN(Cc2cc3cc(F)ccc3[nH]2)CC1. The van der Waals surface area contributed by atoms with Gasteiger partial charge in [-0.3, -0.25) is 4.90 Å². The molecule has 0 amide bonds. The molecule has 1 N–H and O–H groups in total. The zero-order chi connectivity index (χ0) is 19.1. The average Bonchev–Trinajstić information content (AvgIpc) is 3.31. The number of hydrogen-bond acceptors (Lipinski definition) is 4. The Labute approximate surface area is 162 Å². The van der Waals surface area contributed by atoms with Crippen molar-refractivity contribution in [2.45, 2.75) is 25.4 Å². The second-order valence-electron chi connectivity index (χ2n) is 7.65. The second kappa shape index (κ2) is 6.95. The predicted molar refractivity (Wildman–Crippen MR) is 109 cm³/mol. The summed E-state index contributed by atoms with van der Waals surface area (Å²) in [6, 6.07) is 15.4. The summed E-state index contributed by atoms with van der Waals surface area (Å²) < 4.78 is 18.9. The molecule has 1 saturated heterocycles. The maximum Gasteiger partial charge on any atom is 0.179 e. The molecule has 0 unspecified atom stereocenters. The number of rotatable bonds is 4. The Kier molecular flexibility index (Phi) is 4.28. The van der Waals surface area contributed by atoms with Gasteiger partial charge in [-0.2, -0.15) is 0 Å². The van der Waals surface area contributed by atoms with Crippen LogP contribution in [0.5, 0.6) is 0 Å². The van der Waals surface area contributed by atoms with Gasteiger partial charge in [-0.15, -0.1) is 0 Å². The zero-order valence-corrected chi connectivity index (χ0v) is 15.9. The molecule has 0 aliphatic carbocycles. The fourth-order valence-electron chi connectivity index (χ4n) is 4.25. The highest BCUT2D eigenvalue weighted by Gasteiger charge is 2.25. The van der Waals surface area contributed by atoms with Crippen molar-refractivity contribution in [2.24, 2.45) is 0 Å². The van der Waals surface area contributed by atoms with Crippen LogP contribution in [0.25, 0.3) is 21.9 Å². The van der Waals surface area contributed by atoms with Crippen molar-refractivity contribution in [1.82, 2.24) is 15.0 Å². The highest BCUT2D eigenvalue weighted by Crippen LogP contribution is 2.29. The molecule has 144 valence electrons. The number of nitrogens with zero attached hydrogens (tertiary/aromatic N) is 3. The van der Waals surface area contributed by atoms with Gasteiger partial charge < -0.3 is 14.4 Å². The van der Waals surface area contributed by atoms with Crippen LogP contribution in [0.4, 0.5) is 10.2 Å². The van der Waals surface area contributed by atoms with E-state index in [1.165, 1.54) is 6.07 Å². The predicted octanol–water partition coefficient (Wildman–Crippen LogP) is 4.55. The fourth-order valence-corrected chi connectivity index (χ4v) is 4.25. The van der Waals surface area contributed by atoms with Gasteiger partial charge in [0.05, 0.1) is 5.39 Å². The minimum Gasteiger partial charge on any atom is -0.357 e. The Balaban J connectivity index is 1.24. The molecule has 0 bridgehead atoms. The van der Waals surface area contributed by atoms with Crippen LogP contribution in [0.3, 0.4) is 0 Å². The molecule has 2 aromatic carbocycles. The van der Waals surface area contributed by atoms with E-state index in [2.05, 4.69) is 39.1 Å². The maximum absolute atomic E-state index is 13.4. The number of likely N-dealkylation sites (tertiary alicyclic amines) is 1. The monoisotopic (exact) mass is 378 g/mol. The van der Waals surface area contributed by atoms with Crippen LogP contribution < -0.4 is 4.90 Å². The molecular formula is C22H23FN4O. The summed E-state index contributed by atoms with van der Waals surface area (Å²) in [6.07, 6.45) is 2.15. The van der Waals surface area contributed by atoms with E-state index in [0.717, 1.165) is 65.9 Å². The quantitative estimate of drug-likeness (QED) is 0.566. The molecule has 2 aromatic heterocycles. The number of fused-ring (bicyclic) bond motifs is 2. The van der Waals surface area contributed by atoms with Crippen LogP contribution >= 0.6 is 0 Å². The average molecular weight is 378 g/mol. The Morgan fingerprint density at radius 3 is 2.86 bits per heavy atom. The Hall–Kier alpha value is -2.86. The summed E-state index contributed by atoms with van der Waals surface area (Å²) in [5.74, 6) is 0.731. The van der Waals surface area contributed by atoms with Gasteiger partial charge in [0.25, 0.3) is 0 Å². The summed E-state index contributed by atoms with van der Waals surface area (Å²) in [5.41, 5.74) is 2.95. The first-order valence-electron chi connectivity index (χ1n) is 9.74. The Morgan fingerprint density at radius 2 is 2.00 bits per heavy atom. The molecular weight excluding hydrogens is 355 g/mol. The molecule has 0 radical (unpaired) electrons. The van der Waals surface area contributed by atoms with Gasteiger partial charge in [0.15, 0.2) is 11.4 Å². The standard InChI is InChI=1S/C22H23FN4O/c1-26(22-19-4-2-3-5-21(19)28-25-22)18-8-10-27(11-9-18)14-17-13-15-12-16(23)6-7-20(15)24-17/h2-7,12-13,18,24H,8-11,14H2,1H3. The normalized spacial score (nSPS) is 16.2. The fraction of sp³-hybridized carbons (Fsp3) is 0.318. The lowest BCUT2D eigenvalue weighted by Gasteiger charge is -2.36. The van der Waals surface area contributed by atoms with Crippen LogP contribution in [0.15, 0.2) is 53.1 Å². The van der Waals surface area contributed by atoms with E-state index in [4.69, 9.17) is 4.52 Å². The first-order valence-corrected chi connectivity index (χ1v) is 9.74. The van der Waals surface area contributed by atoms with Gasteiger partial charge in [0.1, 0.15) is 5.82 Å². The number of aromatic nitrogens is 2. The molecule has 6 heteroatoms. The van der Waals surface area contributed by atoms with Crippen LogP contribution in [-0.2, 0) is 6.54 Å². The smallest absolute Gasteiger partial charge is 0.179 e. The Bertz CT molecular complexity index is 1110. The third-order valence-corrected chi connectivity index (χ3v) is 5.83. The minimum absolute atomic E-state index is 0.192. The molecule has 1 aliphatic rings. The number of aromatic amines is 1. The van der Waals surface area contributed by atoms with Crippen molar-refractivity contribution < 1.29 is 8.91 Å². The lowest BCUT2D eigenvalue weighted by molar-refractivity contribution is 0.201. The number of anilines is 1. The molecule has 5 rings (SSSR count). The molecule has 4 aromatic rings. The van der Waals surface area contributed by atoms with Crippen molar-refractivity contribution in [3.05, 3.63) is 60.0 Å². The lowest BCUT2D eigenvalue weighted by atomic mass is 10.0. The van der Waals surface area contributed by atoms with Crippen molar-refractivity contribution in [3.8, 4) is 0 Å². The zero-order valence-electron chi connectivity index (χ0n) is 15.9. The second-order valence-corrected chi connectivity index (χ2v) is 7.65. The lowest BCUT2D eigenvalue weighted by Crippen LogP contribution is -2.43. The number of para-hydroxylation sites is 1. The van der Waals surface area contributed by atoms with E-state index in [9.17, 15) is 4.39 Å². The van der Waals surface area contributed by atoms with Gasteiger partial charge in [0, 0.05) is 49.3 Å². The summed E-state index contributed by atoms with van der Waals surface area (Å²) in [6.45, 7) is 2.91. The third-order valence-electron chi connectivity index (χ3n) is 5.83. The van der Waals surface area contributed by atoms with Gasteiger partial charge in [-0.25, -0.2) is 4.39 Å². The van der Waals surface area contributed by atoms with E-state index in [-0.39, 0.29) is 5.82 Å². The van der Waals surface area contributed by atoms with E-state index >= 15 is 0 Å². The number of hydrogen-bond donors (Lipinski definition) is 1. The maximum atomic E-state index is 13.4. The van der Waals surface area contributed by atoms with E-state index in [1.807, 2.05) is 18.2 Å². The largest absolute Gasteiger partial charge is 0.357 e. The van der Waals surface area contributed by atoms with Crippen molar-refractivity contribution in [1.29, 1.82) is 0 Å². The van der Waals surface area contributed by atoms with E-state index in [1.54, 1.807) is 12.1 Å².